The van der Waals surface area contributed by atoms with E-state index in [-0.39, 0.29) is 5.56 Å². The van der Waals surface area contributed by atoms with Crippen molar-refractivity contribution in [2.45, 2.75) is 52.5 Å². The summed E-state index contributed by atoms with van der Waals surface area (Å²) in [4.78, 5) is 33.7. The predicted octanol–water partition coefficient (Wildman–Crippen LogP) is 1.85. The van der Waals surface area contributed by atoms with Crippen LogP contribution in [0.2, 0.25) is 0 Å². The van der Waals surface area contributed by atoms with E-state index in [0.29, 0.717) is 17.1 Å². The van der Waals surface area contributed by atoms with E-state index in [2.05, 4.69) is 23.7 Å². The topological polar surface area (TPSA) is 75.9 Å². The minimum absolute atomic E-state index is 0.339. The van der Waals surface area contributed by atoms with Crippen LogP contribution in [0.1, 0.15) is 46.0 Å². The van der Waals surface area contributed by atoms with Gasteiger partial charge in [-0.25, -0.2) is 4.79 Å². The second-order valence-corrected chi connectivity index (χ2v) is 6.95. The van der Waals surface area contributed by atoms with Crippen molar-refractivity contribution >= 4 is 17.1 Å². The average molecular weight is 333 g/mol. The van der Waals surface area contributed by atoms with E-state index in [1.54, 1.807) is 7.05 Å². The van der Waals surface area contributed by atoms with Crippen molar-refractivity contribution in [3.05, 3.63) is 20.8 Å². The summed E-state index contributed by atoms with van der Waals surface area (Å²) in [5.41, 5.74) is 0.243. The number of anilines is 1. The number of nitrogens with one attached hydrogen (secondary N) is 1. The lowest BCUT2D eigenvalue weighted by atomic mass is 10.0. The quantitative estimate of drug-likeness (QED) is 0.847. The standard InChI is InChI=1S/C17H27N5O2/c1-4-5-6-10-22-13-14(20(3)17(24)19-15(13)23)18-16(22)21-9-7-8-12(2)11-21/h12H,4-11H2,1-3H3,(H,19,23,24)/t12-/m0/s1. The van der Waals surface area contributed by atoms with Gasteiger partial charge in [-0.3, -0.25) is 14.3 Å². The predicted molar refractivity (Wildman–Crippen MR) is 95.7 cm³/mol. The van der Waals surface area contributed by atoms with Crippen LogP contribution in [0.4, 0.5) is 5.95 Å². The number of imidazole rings is 1. The van der Waals surface area contributed by atoms with E-state index in [4.69, 9.17) is 4.98 Å². The molecule has 132 valence electrons. The molecule has 0 amide bonds. The lowest BCUT2D eigenvalue weighted by Crippen LogP contribution is -2.36. The third kappa shape index (κ3) is 2.99. The van der Waals surface area contributed by atoms with E-state index < -0.39 is 5.69 Å². The molecule has 0 spiro atoms. The Labute approximate surface area is 141 Å². The Morgan fingerprint density at radius 3 is 2.79 bits per heavy atom. The van der Waals surface area contributed by atoms with Crippen LogP contribution in [0, 0.1) is 5.92 Å². The molecule has 0 saturated carbocycles. The number of H-pyrrole nitrogens is 1. The number of hydrogen-bond donors (Lipinski definition) is 1. The van der Waals surface area contributed by atoms with Crippen LogP contribution < -0.4 is 16.1 Å². The van der Waals surface area contributed by atoms with Gasteiger partial charge >= 0.3 is 5.69 Å². The van der Waals surface area contributed by atoms with Gasteiger partial charge in [0.1, 0.15) is 0 Å². The first-order valence-corrected chi connectivity index (χ1v) is 8.97. The number of aromatic amines is 1. The highest BCUT2D eigenvalue weighted by molar-refractivity contribution is 5.74. The first-order valence-electron chi connectivity index (χ1n) is 8.97. The number of piperidine rings is 1. The minimum Gasteiger partial charge on any atom is -0.342 e. The Morgan fingerprint density at radius 1 is 1.29 bits per heavy atom. The molecule has 7 nitrogen and oxygen atoms in total. The van der Waals surface area contributed by atoms with Crippen molar-refractivity contribution in [1.82, 2.24) is 19.1 Å². The summed E-state index contributed by atoms with van der Waals surface area (Å²) in [6.07, 6.45) is 5.59. The van der Waals surface area contributed by atoms with Crippen molar-refractivity contribution in [3.8, 4) is 0 Å². The Hall–Kier alpha value is -2.05. The number of aromatic nitrogens is 4. The molecule has 7 heteroatoms. The van der Waals surface area contributed by atoms with Gasteiger partial charge in [0.05, 0.1) is 0 Å². The molecule has 0 aromatic carbocycles. The fraction of sp³-hybridized carbons (Fsp3) is 0.706. The van der Waals surface area contributed by atoms with Gasteiger partial charge < -0.3 is 9.47 Å². The summed E-state index contributed by atoms with van der Waals surface area (Å²) in [6.45, 7) is 7.07. The molecule has 1 fully saturated rings. The SMILES string of the molecule is CCCCCn1c(N2CCC[C@H](C)C2)nc2c1c(=O)[nH]c(=O)n2C. The van der Waals surface area contributed by atoms with E-state index in [9.17, 15) is 9.59 Å². The highest BCUT2D eigenvalue weighted by Gasteiger charge is 2.24. The zero-order valence-electron chi connectivity index (χ0n) is 14.8. The third-order valence-electron chi connectivity index (χ3n) is 4.91. The summed E-state index contributed by atoms with van der Waals surface area (Å²) in [5, 5.41) is 0. The van der Waals surface area contributed by atoms with Gasteiger partial charge in [-0.1, -0.05) is 26.7 Å². The van der Waals surface area contributed by atoms with Gasteiger partial charge in [0, 0.05) is 26.7 Å². The third-order valence-corrected chi connectivity index (χ3v) is 4.91. The Kier molecular flexibility index (Phi) is 4.78. The molecular formula is C17H27N5O2. The van der Waals surface area contributed by atoms with Crippen molar-refractivity contribution in [1.29, 1.82) is 0 Å². The maximum Gasteiger partial charge on any atom is 0.329 e. The van der Waals surface area contributed by atoms with E-state index >= 15 is 0 Å². The summed E-state index contributed by atoms with van der Waals surface area (Å²) in [6, 6.07) is 0. The van der Waals surface area contributed by atoms with E-state index in [0.717, 1.165) is 51.3 Å². The molecule has 0 radical (unpaired) electrons. The monoisotopic (exact) mass is 333 g/mol. The number of unbranched alkanes of at least 4 members (excludes halogenated alkanes) is 2. The van der Waals surface area contributed by atoms with Crippen LogP contribution in [0.15, 0.2) is 9.59 Å². The van der Waals surface area contributed by atoms with Crippen molar-refractivity contribution in [2.24, 2.45) is 13.0 Å². The van der Waals surface area contributed by atoms with Crippen molar-refractivity contribution in [2.75, 3.05) is 18.0 Å². The molecule has 24 heavy (non-hydrogen) atoms. The van der Waals surface area contributed by atoms with Crippen molar-refractivity contribution in [3.63, 3.8) is 0 Å². The highest BCUT2D eigenvalue weighted by Crippen LogP contribution is 2.25. The van der Waals surface area contributed by atoms with Crippen LogP contribution >= 0.6 is 0 Å². The van der Waals surface area contributed by atoms with Gasteiger partial charge in [0.25, 0.3) is 5.56 Å². The fourth-order valence-corrected chi connectivity index (χ4v) is 3.57. The maximum atomic E-state index is 12.4. The van der Waals surface area contributed by atoms with Gasteiger partial charge in [0.15, 0.2) is 11.2 Å². The molecule has 1 saturated heterocycles. The smallest absolute Gasteiger partial charge is 0.329 e. The summed E-state index contributed by atoms with van der Waals surface area (Å²) in [5.74, 6) is 1.45. The Balaban J connectivity index is 2.13. The number of hydrogen-bond acceptors (Lipinski definition) is 4. The van der Waals surface area contributed by atoms with Crippen LogP contribution in [0.25, 0.3) is 11.2 Å². The Morgan fingerprint density at radius 2 is 2.08 bits per heavy atom. The molecule has 1 aliphatic heterocycles. The average Bonchev–Trinajstić information content (AvgIpc) is 2.93. The molecule has 1 atom stereocenters. The molecular weight excluding hydrogens is 306 g/mol. The molecule has 1 N–H and O–H groups in total. The molecule has 1 aliphatic rings. The highest BCUT2D eigenvalue weighted by atomic mass is 16.2. The van der Waals surface area contributed by atoms with Crippen LogP contribution in [-0.4, -0.2) is 32.2 Å². The van der Waals surface area contributed by atoms with E-state index in [1.165, 1.54) is 11.0 Å². The zero-order chi connectivity index (χ0) is 17.3. The molecule has 0 bridgehead atoms. The van der Waals surface area contributed by atoms with Gasteiger partial charge in [-0.05, 0) is 25.2 Å². The second kappa shape index (κ2) is 6.83. The fourth-order valence-electron chi connectivity index (χ4n) is 3.57. The number of nitrogens with zero attached hydrogens (tertiary/aromatic N) is 4. The van der Waals surface area contributed by atoms with Gasteiger partial charge in [-0.15, -0.1) is 0 Å². The van der Waals surface area contributed by atoms with Crippen LogP contribution in [-0.2, 0) is 13.6 Å². The number of rotatable bonds is 5. The summed E-state index contributed by atoms with van der Waals surface area (Å²) in [7, 11) is 1.66. The molecule has 3 heterocycles. The molecule has 2 aromatic heterocycles. The van der Waals surface area contributed by atoms with Crippen LogP contribution in [0.3, 0.4) is 0 Å². The number of aryl methyl sites for hydroxylation is 2. The first kappa shape index (κ1) is 16.8. The second-order valence-electron chi connectivity index (χ2n) is 6.95. The summed E-state index contributed by atoms with van der Waals surface area (Å²) < 4.78 is 3.45. The van der Waals surface area contributed by atoms with Crippen molar-refractivity contribution < 1.29 is 0 Å². The normalized spacial score (nSPS) is 18.5. The molecule has 3 rings (SSSR count). The Bertz CT molecular complexity index is 832. The van der Waals surface area contributed by atoms with Gasteiger partial charge in [-0.2, -0.15) is 4.98 Å². The molecule has 0 aliphatic carbocycles. The largest absolute Gasteiger partial charge is 0.342 e. The lowest BCUT2D eigenvalue weighted by molar-refractivity contribution is 0.437. The van der Waals surface area contributed by atoms with Crippen LogP contribution in [0.5, 0.6) is 0 Å². The first-order chi connectivity index (χ1) is 11.5. The lowest BCUT2D eigenvalue weighted by Gasteiger charge is -2.32. The maximum absolute atomic E-state index is 12.4. The number of fused-ring (bicyclic) bond motifs is 1. The molecule has 0 unspecified atom stereocenters. The summed E-state index contributed by atoms with van der Waals surface area (Å²) >= 11 is 0. The van der Waals surface area contributed by atoms with Gasteiger partial charge in [0.2, 0.25) is 5.95 Å². The minimum atomic E-state index is -0.413. The van der Waals surface area contributed by atoms with E-state index in [1.807, 2.05) is 4.57 Å². The molecule has 2 aromatic rings. The zero-order valence-corrected chi connectivity index (χ0v) is 14.8.